The molecule has 0 spiro atoms. The smallest absolute Gasteiger partial charge is 0.274 e. The third kappa shape index (κ3) is 1.83. The minimum Gasteiger partial charge on any atom is -0.356 e. The SMILES string of the molecule is O=C(c1cn2c(n1)NCCC2)N1CC2CCCC2C1. The number of nitrogens with one attached hydrogen (secondary N) is 1. The Kier molecular flexibility index (Phi) is 2.53. The van der Waals surface area contributed by atoms with Crippen LogP contribution in [0.25, 0.3) is 0 Å². The number of imidazole rings is 1. The van der Waals surface area contributed by atoms with E-state index in [1.807, 2.05) is 11.1 Å². The third-order valence-electron chi connectivity index (χ3n) is 4.87. The molecule has 1 saturated heterocycles. The van der Waals surface area contributed by atoms with Gasteiger partial charge in [-0.3, -0.25) is 4.79 Å². The number of fused-ring (bicyclic) bond motifs is 2. The molecule has 2 unspecified atom stereocenters. The van der Waals surface area contributed by atoms with Crippen LogP contribution in [0.15, 0.2) is 6.20 Å². The Morgan fingerprint density at radius 1 is 1.26 bits per heavy atom. The van der Waals surface area contributed by atoms with Gasteiger partial charge in [0.2, 0.25) is 5.95 Å². The molecule has 5 nitrogen and oxygen atoms in total. The summed E-state index contributed by atoms with van der Waals surface area (Å²) in [6, 6.07) is 0. The summed E-state index contributed by atoms with van der Waals surface area (Å²) in [5.41, 5.74) is 0.615. The monoisotopic (exact) mass is 260 g/mol. The van der Waals surface area contributed by atoms with Crippen molar-refractivity contribution in [2.45, 2.75) is 32.2 Å². The van der Waals surface area contributed by atoms with Gasteiger partial charge in [-0.1, -0.05) is 6.42 Å². The summed E-state index contributed by atoms with van der Waals surface area (Å²) in [5.74, 6) is 2.48. The van der Waals surface area contributed by atoms with E-state index in [0.717, 1.165) is 50.4 Å². The molecule has 1 amide bonds. The number of aromatic nitrogens is 2. The molecule has 102 valence electrons. The lowest BCUT2D eigenvalue weighted by atomic mass is 10.0. The van der Waals surface area contributed by atoms with E-state index in [2.05, 4.69) is 14.9 Å². The quantitative estimate of drug-likeness (QED) is 0.834. The standard InChI is InChI=1S/C14H20N4O/c19-13(18-7-10-3-1-4-11(10)8-18)12-9-17-6-2-5-15-14(17)16-12/h9-11H,1-8H2,(H,15,16). The normalized spacial score (nSPS) is 28.9. The molecule has 2 fully saturated rings. The van der Waals surface area contributed by atoms with Crippen LogP contribution in [0.2, 0.25) is 0 Å². The van der Waals surface area contributed by atoms with Crippen molar-refractivity contribution in [3.05, 3.63) is 11.9 Å². The van der Waals surface area contributed by atoms with Crippen LogP contribution in [0, 0.1) is 11.8 Å². The molecule has 2 atom stereocenters. The van der Waals surface area contributed by atoms with Gasteiger partial charge in [0.25, 0.3) is 5.91 Å². The Labute approximate surface area is 113 Å². The summed E-state index contributed by atoms with van der Waals surface area (Å²) in [4.78, 5) is 19.0. The van der Waals surface area contributed by atoms with E-state index in [4.69, 9.17) is 0 Å². The number of nitrogens with zero attached hydrogens (tertiary/aromatic N) is 3. The first kappa shape index (κ1) is 11.3. The van der Waals surface area contributed by atoms with Crippen molar-refractivity contribution in [3.63, 3.8) is 0 Å². The summed E-state index contributed by atoms with van der Waals surface area (Å²) >= 11 is 0. The Balaban J connectivity index is 1.53. The van der Waals surface area contributed by atoms with Gasteiger partial charge >= 0.3 is 0 Å². The molecule has 3 aliphatic rings. The molecule has 5 heteroatoms. The van der Waals surface area contributed by atoms with Gasteiger partial charge in [-0.05, 0) is 31.1 Å². The maximum Gasteiger partial charge on any atom is 0.274 e. The predicted molar refractivity (Wildman–Crippen MR) is 72.1 cm³/mol. The van der Waals surface area contributed by atoms with E-state index in [1.54, 1.807) is 0 Å². The maximum atomic E-state index is 12.5. The van der Waals surface area contributed by atoms with Crippen molar-refractivity contribution >= 4 is 11.9 Å². The first-order valence-corrected chi connectivity index (χ1v) is 7.41. The van der Waals surface area contributed by atoms with Gasteiger partial charge in [0.1, 0.15) is 5.69 Å². The van der Waals surface area contributed by atoms with Gasteiger partial charge in [0.15, 0.2) is 0 Å². The molecule has 3 heterocycles. The number of likely N-dealkylation sites (tertiary alicyclic amines) is 1. The second kappa shape index (κ2) is 4.25. The number of anilines is 1. The topological polar surface area (TPSA) is 50.2 Å². The van der Waals surface area contributed by atoms with Crippen LogP contribution in [0.1, 0.15) is 36.2 Å². The van der Waals surface area contributed by atoms with Crippen LogP contribution in [0.3, 0.4) is 0 Å². The molecule has 0 radical (unpaired) electrons. The van der Waals surface area contributed by atoms with Gasteiger partial charge < -0.3 is 14.8 Å². The predicted octanol–water partition coefficient (Wildman–Crippen LogP) is 1.57. The highest BCUT2D eigenvalue weighted by molar-refractivity contribution is 5.92. The second-order valence-corrected chi connectivity index (χ2v) is 6.08. The Hall–Kier alpha value is -1.52. The van der Waals surface area contributed by atoms with Crippen LogP contribution in [-0.2, 0) is 6.54 Å². The number of aryl methyl sites for hydroxylation is 1. The largest absolute Gasteiger partial charge is 0.356 e. The number of amides is 1. The van der Waals surface area contributed by atoms with Crippen LogP contribution in [0.5, 0.6) is 0 Å². The fourth-order valence-electron chi connectivity index (χ4n) is 3.84. The van der Waals surface area contributed by atoms with Crippen molar-refractivity contribution in [1.29, 1.82) is 0 Å². The highest BCUT2D eigenvalue weighted by Gasteiger charge is 2.38. The van der Waals surface area contributed by atoms with Crippen LogP contribution >= 0.6 is 0 Å². The first-order chi connectivity index (χ1) is 9.31. The Morgan fingerprint density at radius 2 is 2.05 bits per heavy atom. The number of carbonyl (C=O) groups excluding carboxylic acids is 1. The van der Waals surface area contributed by atoms with E-state index in [-0.39, 0.29) is 5.91 Å². The van der Waals surface area contributed by atoms with Crippen LogP contribution in [0.4, 0.5) is 5.95 Å². The first-order valence-electron chi connectivity index (χ1n) is 7.41. The number of rotatable bonds is 1. The van der Waals surface area contributed by atoms with Gasteiger partial charge in [0.05, 0.1) is 0 Å². The van der Waals surface area contributed by atoms with E-state index < -0.39 is 0 Å². The average molecular weight is 260 g/mol. The van der Waals surface area contributed by atoms with Crippen LogP contribution in [-0.4, -0.2) is 40.0 Å². The summed E-state index contributed by atoms with van der Waals surface area (Å²) in [7, 11) is 0. The lowest BCUT2D eigenvalue weighted by Crippen LogP contribution is -2.29. The van der Waals surface area contributed by atoms with Crippen molar-refractivity contribution in [1.82, 2.24) is 14.5 Å². The van der Waals surface area contributed by atoms with E-state index in [0.29, 0.717) is 5.69 Å². The van der Waals surface area contributed by atoms with Crippen LogP contribution < -0.4 is 5.32 Å². The van der Waals surface area contributed by atoms with E-state index >= 15 is 0 Å². The molecule has 1 aliphatic carbocycles. The van der Waals surface area contributed by atoms with Crippen molar-refractivity contribution in [2.75, 3.05) is 25.0 Å². The Bertz CT molecular complexity index is 474. The summed E-state index contributed by atoms with van der Waals surface area (Å²) in [6.45, 7) is 3.81. The number of carbonyl (C=O) groups is 1. The zero-order chi connectivity index (χ0) is 12.8. The molecule has 0 bridgehead atoms. The zero-order valence-electron chi connectivity index (χ0n) is 11.1. The average Bonchev–Trinajstić information content (AvgIpc) is 3.10. The zero-order valence-corrected chi connectivity index (χ0v) is 11.1. The minimum absolute atomic E-state index is 0.123. The van der Waals surface area contributed by atoms with Crippen molar-refractivity contribution in [3.8, 4) is 0 Å². The van der Waals surface area contributed by atoms with Gasteiger partial charge in [-0.25, -0.2) is 4.98 Å². The van der Waals surface area contributed by atoms with Gasteiger partial charge in [-0.2, -0.15) is 0 Å². The summed E-state index contributed by atoms with van der Waals surface area (Å²) < 4.78 is 2.06. The molecular formula is C14H20N4O. The molecule has 1 aromatic heterocycles. The molecule has 1 saturated carbocycles. The third-order valence-corrected chi connectivity index (χ3v) is 4.87. The molecule has 1 aromatic rings. The summed E-state index contributed by atoms with van der Waals surface area (Å²) in [6.07, 6.45) is 6.97. The van der Waals surface area contributed by atoms with E-state index in [1.165, 1.54) is 19.3 Å². The van der Waals surface area contributed by atoms with Crippen molar-refractivity contribution in [2.24, 2.45) is 11.8 Å². The second-order valence-electron chi connectivity index (χ2n) is 6.08. The lowest BCUT2D eigenvalue weighted by Gasteiger charge is -2.15. The molecule has 0 aromatic carbocycles. The molecule has 4 rings (SSSR count). The lowest BCUT2D eigenvalue weighted by molar-refractivity contribution is 0.0775. The fourth-order valence-corrected chi connectivity index (χ4v) is 3.84. The number of hydrogen-bond acceptors (Lipinski definition) is 3. The van der Waals surface area contributed by atoms with Crippen molar-refractivity contribution < 1.29 is 4.79 Å². The van der Waals surface area contributed by atoms with Gasteiger partial charge in [-0.15, -0.1) is 0 Å². The highest BCUT2D eigenvalue weighted by atomic mass is 16.2. The highest BCUT2D eigenvalue weighted by Crippen LogP contribution is 2.38. The van der Waals surface area contributed by atoms with Gasteiger partial charge in [0, 0.05) is 32.4 Å². The minimum atomic E-state index is 0.123. The molecule has 19 heavy (non-hydrogen) atoms. The van der Waals surface area contributed by atoms with E-state index in [9.17, 15) is 4.79 Å². The molecule has 2 aliphatic heterocycles. The maximum absolute atomic E-state index is 12.5. The molecule has 1 N–H and O–H groups in total. The Morgan fingerprint density at radius 3 is 2.79 bits per heavy atom. The molecular weight excluding hydrogens is 240 g/mol. The number of hydrogen-bond donors (Lipinski definition) is 1. The fraction of sp³-hybridized carbons (Fsp3) is 0.714. The summed E-state index contributed by atoms with van der Waals surface area (Å²) in [5, 5.41) is 3.25.